The summed E-state index contributed by atoms with van der Waals surface area (Å²) in [7, 11) is -3.49. The molecule has 1 saturated heterocycles. The fraction of sp³-hybridized carbons (Fsp3) is 0.522. The standard InChI is InChI=1S/C23H33N6O5P/c1-17(13-29-15-27-20-21(24)25-14-26-22(20)29)33-16-35(30,34-19-9-5-3-6-10-19)28-18(2)23-31-11-7-4-8-12-32-23/h3,5-6,9-10,14-15,17-18,23H,4,7-8,11-13,16H2,1-2H3,(H,28,30)(H2,24,25,26). The minimum Gasteiger partial charge on any atom is -0.431 e. The van der Waals surface area contributed by atoms with Crippen molar-refractivity contribution in [3.05, 3.63) is 43.0 Å². The maximum Gasteiger partial charge on any atom is 0.342 e. The largest absolute Gasteiger partial charge is 0.431 e. The van der Waals surface area contributed by atoms with Crippen molar-refractivity contribution in [3.8, 4) is 5.75 Å². The number of anilines is 1. The highest BCUT2D eigenvalue weighted by atomic mass is 31.2. The number of ether oxygens (including phenoxy) is 3. The summed E-state index contributed by atoms with van der Waals surface area (Å²) in [5.41, 5.74) is 7.02. The number of benzene rings is 1. The second-order valence-corrected chi connectivity index (χ2v) is 10.6. The van der Waals surface area contributed by atoms with Crippen molar-refractivity contribution in [3.63, 3.8) is 0 Å². The van der Waals surface area contributed by atoms with Gasteiger partial charge < -0.3 is 29.0 Å². The highest BCUT2D eigenvalue weighted by Crippen LogP contribution is 2.44. The number of nitrogens with two attached hydrogens (primary N) is 1. The maximum atomic E-state index is 13.9. The fourth-order valence-electron chi connectivity index (χ4n) is 3.82. The SMILES string of the molecule is CC(Cn1cnc2c(N)ncnc21)OCP(=O)(NC(C)C1OCCCCCO1)Oc1ccccc1. The van der Waals surface area contributed by atoms with E-state index in [4.69, 9.17) is 24.5 Å². The molecule has 0 saturated carbocycles. The summed E-state index contributed by atoms with van der Waals surface area (Å²) in [6, 6.07) is 8.66. The zero-order valence-electron chi connectivity index (χ0n) is 20.1. The first-order valence-electron chi connectivity index (χ1n) is 11.8. The molecule has 1 aliphatic heterocycles. The van der Waals surface area contributed by atoms with Gasteiger partial charge in [0, 0.05) is 13.2 Å². The highest BCUT2D eigenvalue weighted by Gasteiger charge is 2.32. The molecule has 1 aromatic carbocycles. The van der Waals surface area contributed by atoms with Crippen LogP contribution in [0.15, 0.2) is 43.0 Å². The maximum absolute atomic E-state index is 13.9. The van der Waals surface area contributed by atoms with Crippen LogP contribution in [0, 0.1) is 0 Å². The Bertz CT molecular complexity index is 1120. The van der Waals surface area contributed by atoms with Gasteiger partial charge in [-0.3, -0.25) is 4.57 Å². The number of nitrogens with zero attached hydrogens (tertiary/aromatic N) is 4. The summed E-state index contributed by atoms with van der Waals surface area (Å²) < 4.78 is 39.4. The summed E-state index contributed by atoms with van der Waals surface area (Å²) in [5.74, 6) is 0.805. The Balaban J connectivity index is 1.43. The molecular weight excluding hydrogens is 471 g/mol. The fourth-order valence-corrected chi connectivity index (χ4v) is 5.65. The molecule has 0 bridgehead atoms. The van der Waals surface area contributed by atoms with Crippen molar-refractivity contribution in [1.82, 2.24) is 24.6 Å². The van der Waals surface area contributed by atoms with Crippen molar-refractivity contribution < 1.29 is 23.3 Å². The quantitative estimate of drug-likeness (QED) is 0.394. The Morgan fingerprint density at radius 1 is 1.14 bits per heavy atom. The molecule has 0 aliphatic carbocycles. The number of hydrogen-bond donors (Lipinski definition) is 2. The zero-order valence-corrected chi connectivity index (χ0v) is 21.0. The number of imidazole rings is 1. The van der Waals surface area contributed by atoms with Gasteiger partial charge in [0.2, 0.25) is 0 Å². The molecule has 0 spiro atoms. The molecule has 0 amide bonds. The molecule has 3 aromatic rings. The molecule has 35 heavy (non-hydrogen) atoms. The molecule has 4 rings (SSSR count). The van der Waals surface area contributed by atoms with E-state index >= 15 is 0 Å². The van der Waals surface area contributed by atoms with Gasteiger partial charge in [-0.25, -0.2) is 20.0 Å². The molecule has 3 N–H and O–H groups in total. The number of nitrogens with one attached hydrogen (secondary N) is 1. The number of para-hydroxylation sites is 1. The molecule has 3 heterocycles. The average molecular weight is 505 g/mol. The van der Waals surface area contributed by atoms with Crippen molar-refractivity contribution in [1.29, 1.82) is 0 Å². The molecule has 2 aromatic heterocycles. The Labute approximate surface area is 204 Å². The van der Waals surface area contributed by atoms with Crippen LogP contribution >= 0.6 is 7.52 Å². The second kappa shape index (κ2) is 11.9. The smallest absolute Gasteiger partial charge is 0.342 e. The van der Waals surface area contributed by atoms with Crippen LogP contribution in [0.1, 0.15) is 33.1 Å². The normalized spacial score (nSPS) is 18.9. The zero-order chi connectivity index (χ0) is 24.7. The molecule has 12 heteroatoms. The van der Waals surface area contributed by atoms with Crippen LogP contribution in [0.4, 0.5) is 5.82 Å². The van der Waals surface area contributed by atoms with Gasteiger partial charge in [0.25, 0.3) is 0 Å². The van der Waals surface area contributed by atoms with Gasteiger partial charge in [-0.2, -0.15) is 0 Å². The first kappa shape index (κ1) is 25.5. The van der Waals surface area contributed by atoms with E-state index < -0.39 is 13.8 Å². The third-order valence-electron chi connectivity index (χ3n) is 5.57. The van der Waals surface area contributed by atoms with E-state index in [-0.39, 0.29) is 18.5 Å². The number of fused-ring (bicyclic) bond motifs is 1. The Morgan fingerprint density at radius 3 is 2.63 bits per heavy atom. The molecule has 190 valence electrons. The monoisotopic (exact) mass is 504 g/mol. The summed E-state index contributed by atoms with van der Waals surface area (Å²) >= 11 is 0. The van der Waals surface area contributed by atoms with E-state index in [0.29, 0.717) is 42.5 Å². The Morgan fingerprint density at radius 2 is 1.89 bits per heavy atom. The summed E-state index contributed by atoms with van der Waals surface area (Å²) in [5, 5.41) is 3.11. The molecule has 3 unspecified atom stereocenters. The number of rotatable bonds is 10. The van der Waals surface area contributed by atoms with Gasteiger partial charge in [-0.15, -0.1) is 0 Å². The Hall–Kier alpha value is -2.56. The average Bonchev–Trinajstić information content (AvgIpc) is 3.22. The number of hydrogen-bond acceptors (Lipinski definition) is 9. The van der Waals surface area contributed by atoms with E-state index in [9.17, 15) is 4.57 Å². The molecule has 1 aliphatic rings. The lowest BCUT2D eigenvalue weighted by atomic mass is 10.2. The summed E-state index contributed by atoms with van der Waals surface area (Å²) in [4.78, 5) is 12.5. The van der Waals surface area contributed by atoms with Gasteiger partial charge in [0.05, 0.1) is 25.0 Å². The van der Waals surface area contributed by atoms with Crippen molar-refractivity contribution in [2.24, 2.45) is 0 Å². The Kier molecular flexibility index (Phi) is 8.69. The lowest BCUT2D eigenvalue weighted by Gasteiger charge is -2.30. The van der Waals surface area contributed by atoms with Crippen LogP contribution < -0.4 is 15.3 Å². The van der Waals surface area contributed by atoms with Crippen LogP contribution in [-0.2, 0) is 25.3 Å². The van der Waals surface area contributed by atoms with Gasteiger partial charge in [-0.05, 0) is 45.2 Å². The van der Waals surface area contributed by atoms with E-state index in [1.54, 1.807) is 18.5 Å². The number of aromatic nitrogens is 4. The van der Waals surface area contributed by atoms with Gasteiger partial charge in [0.1, 0.15) is 23.9 Å². The predicted octanol–water partition coefficient (Wildman–Crippen LogP) is 3.56. The van der Waals surface area contributed by atoms with Gasteiger partial charge in [-0.1, -0.05) is 18.2 Å². The van der Waals surface area contributed by atoms with E-state index in [0.717, 1.165) is 19.3 Å². The van der Waals surface area contributed by atoms with Crippen LogP contribution in [-0.4, -0.2) is 57.5 Å². The van der Waals surface area contributed by atoms with E-state index in [2.05, 4.69) is 20.0 Å². The van der Waals surface area contributed by atoms with E-state index in [1.165, 1.54) is 6.33 Å². The van der Waals surface area contributed by atoms with E-state index in [1.807, 2.05) is 36.6 Å². The molecule has 0 radical (unpaired) electrons. The molecule has 11 nitrogen and oxygen atoms in total. The van der Waals surface area contributed by atoms with Crippen LogP contribution in [0.2, 0.25) is 0 Å². The molecule has 3 atom stereocenters. The van der Waals surface area contributed by atoms with Crippen molar-refractivity contribution in [2.75, 3.05) is 25.3 Å². The van der Waals surface area contributed by atoms with Crippen molar-refractivity contribution >= 4 is 24.5 Å². The molecule has 1 fully saturated rings. The molecular formula is C23H33N6O5P. The van der Waals surface area contributed by atoms with Crippen LogP contribution in [0.5, 0.6) is 5.75 Å². The van der Waals surface area contributed by atoms with Gasteiger partial charge in [0.15, 0.2) is 17.8 Å². The van der Waals surface area contributed by atoms with Crippen LogP contribution in [0.3, 0.4) is 0 Å². The third-order valence-corrected chi connectivity index (χ3v) is 7.37. The van der Waals surface area contributed by atoms with Crippen molar-refractivity contribution in [2.45, 2.75) is 58.1 Å². The lowest BCUT2D eigenvalue weighted by Crippen LogP contribution is -2.41. The summed E-state index contributed by atoms with van der Waals surface area (Å²) in [6.45, 7) is 5.39. The first-order valence-corrected chi connectivity index (χ1v) is 13.6. The summed E-state index contributed by atoms with van der Waals surface area (Å²) in [6.07, 6.45) is 5.07. The lowest BCUT2D eigenvalue weighted by molar-refractivity contribution is -0.162. The first-order chi connectivity index (χ1) is 16.9. The third kappa shape index (κ3) is 6.99. The topological polar surface area (TPSA) is 136 Å². The minimum absolute atomic E-state index is 0.149. The highest BCUT2D eigenvalue weighted by molar-refractivity contribution is 7.57. The van der Waals surface area contributed by atoms with Crippen LogP contribution in [0.25, 0.3) is 11.2 Å². The number of nitrogen functional groups attached to an aromatic ring is 1. The minimum atomic E-state index is -3.49. The predicted molar refractivity (Wildman–Crippen MR) is 132 cm³/mol. The van der Waals surface area contributed by atoms with Gasteiger partial charge >= 0.3 is 7.52 Å². The second-order valence-electron chi connectivity index (χ2n) is 8.60.